The number of ether oxygens (including phenoxy) is 1. The van der Waals surface area contributed by atoms with E-state index in [0.717, 1.165) is 16.9 Å². The van der Waals surface area contributed by atoms with Gasteiger partial charge < -0.3 is 19.4 Å². The van der Waals surface area contributed by atoms with E-state index in [4.69, 9.17) is 4.74 Å². The summed E-state index contributed by atoms with van der Waals surface area (Å²) in [5.74, 6) is 0.650. The molecule has 4 rings (SSSR count). The van der Waals surface area contributed by atoms with E-state index in [1.807, 2.05) is 54.6 Å². The Hall–Kier alpha value is -3.35. The Morgan fingerprint density at radius 2 is 1.81 bits per heavy atom. The zero-order chi connectivity index (χ0) is 22.5. The number of nitrogens with zero attached hydrogens (tertiary/aromatic N) is 3. The van der Waals surface area contributed by atoms with Crippen LogP contribution in [0.1, 0.15) is 24.0 Å². The Labute approximate surface area is 188 Å². The van der Waals surface area contributed by atoms with Crippen molar-refractivity contribution in [3.05, 3.63) is 65.7 Å². The molecule has 0 radical (unpaired) electrons. The fraction of sp³-hybridized carbons (Fsp3) is 0.400. The zero-order valence-electron chi connectivity index (χ0n) is 18.4. The normalized spacial score (nSPS) is 18.9. The molecule has 0 aliphatic carbocycles. The summed E-state index contributed by atoms with van der Waals surface area (Å²) >= 11 is 0. The Morgan fingerprint density at radius 1 is 1.03 bits per heavy atom. The van der Waals surface area contributed by atoms with Gasteiger partial charge in [0.2, 0.25) is 17.7 Å². The van der Waals surface area contributed by atoms with Gasteiger partial charge in [-0.3, -0.25) is 14.4 Å². The van der Waals surface area contributed by atoms with Crippen LogP contribution >= 0.6 is 0 Å². The van der Waals surface area contributed by atoms with Crippen LogP contribution in [0.15, 0.2) is 54.6 Å². The van der Waals surface area contributed by atoms with Crippen molar-refractivity contribution in [2.75, 3.05) is 33.3 Å². The second-order valence-corrected chi connectivity index (χ2v) is 8.33. The fourth-order valence-corrected chi connectivity index (χ4v) is 4.44. The molecule has 0 spiro atoms. The molecule has 2 aromatic rings. The lowest BCUT2D eigenvalue weighted by Crippen LogP contribution is -2.61. The first-order chi connectivity index (χ1) is 15.5. The first-order valence-corrected chi connectivity index (χ1v) is 11.1. The molecule has 0 bridgehead atoms. The third-order valence-electron chi connectivity index (χ3n) is 6.17. The first-order valence-electron chi connectivity index (χ1n) is 11.1. The Balaban J connectivity index is 1.42. The van der Waals surface area contributed by atoms with Gasteiger partial charge in [-0.25, -0.2) is 0 Å². The highest BCUT2D eigenvalue weighted by Crippen LogP contribution is 2.21. The van der Waals surface area contributed by atoms with Crippen molar-refractivity contribution in [3.63, 3.8) is 0 Å². The average Bonchev–Trinajstić information content (AvgIpc) is 3.05. The molecule has 2 aliphatic heterocycles. The smallest absolute Gasteiger partial charge is 0.247 e. The minimum Gasteiger partial charge on any atom is -0.497 e. The van der Waals surface area contributed by atoms with Crippen LogP contribution in [-0.4, -0.2) is 71.8 Å². The summed E-state index contributed by atoms with van der Waals surface area (Å²) in [6.07, 6.45) is 1.64. The summed E-state index contributed by atoms with van der Waals surface area (Å²) in [5.41, 5.74) is 2.02. The standard InChI is InChI=1S/C25H29N3O4/c1-32-21-10-5-9-19(15-21)11-12-23(29)26-13-6-14-28-22(17-26)25(31)27(18-24(28)30)16-20-7-3-2-4-8-20/h2-5,7-10,15,22H,6,11-14,16-18H2,1H3. The SMILES string of the molecule is COc1cccc(CCC(=O)N2CCCN3C(=O)CN(Cc4ccccc4)C(=O)C3C2)c1. The number of piperazine rings is 1. The molecule has 168 valence electrons. The molecule has 2 aromatic carbocycles. The fourth-order valence-electron chi connectivity index (χ4n) is 4.44. The topological polar surface area (TPSA) is 70.2 Å². The van der Waals surface area contributed by atoms with Gasteiger partial charge >= 0.3 is 0 Å². The molecule has 2 saturated heterocycles. The molecule has 0 saturated carbocycles. The first kappa shape index (κ1) is 21.9. The molecule has 1 unspecified atom stereocenters. The number of benzene rings is 2. The van der Waals surface area contributed by atoms with Crippen molar-refractivity contribution in [2.45, 2.75) is 31.8 Å². The molecule has 2 fully saturated rings. The minimum atomic E-state index is -0.608. The number of methoxy groups -OCH3 is 1. The van der Waals surface area contributed by atoms with Gasteiger partial charge in [-0.1, -0.05) is 42.5 Å². The average molecular weight is 436 g/mol. The second-order valence-electron chi connectivity index (χ2n) is 8.33. The van der Waals surface area contributed by atoms with Crippen LogP contribution in [0.2, 0.25) is 0 Å². The third kappa shape index (κ3) is 4.93. The minimum absolute atomic E-state index is 0.00935. The highest BCUT2D eigenvalue weighted by molar-refractivity contribution is 5.95. The predicted octanol–water partition coefficient (Wildman–Crippen LogP) is 2.10. The van der Waals surface area contributed by atoms with Crippen molar-refractivity contribution in [3.8, 4) is 5.75 Å². The molecule has 0 N–H and O–H groups in total. The van der Waals surface area contributed by atoms with Gasteiger partial charge in [-0.15, -0.1) is 0 Å². The molecule has 7 nitrogen and oxygen atoms in total. The van der Waals surface area contributed by atoms with E-state index in [-0.39, 0.29) is 30.8 Å². The molecule has 2 aliphatic rings. The second kappa shape index (κ2) is 9.85. The number of fused-ring (bicyclic) bond motifs is 1. The van der Waals surface area contributed by atoms with Crippen molar-refractivity contribution >= 4 is 17.7 Å². The van der Waals surface area contributed by atoms with Crippen LogP contribution in [-0.2, 0) is 27.3 Å². The summed E-state index contributed by atoms with van der Waals surface area (Å²) in [6, 6.07) is 16.8. The summed E-state index contributed by atoms with van der Waals surface area (Å²) in [7, 11) is 1.62. The van der Waals surface area contributed by atoms with Crippen LogP contribution in [0, 0.1) is 0 Å². The van der Waals surface area contributed by atoms with E-state index in [1.165, 1.54) is 0 Å². The van der Waals surface area contributed by atoms with E-state index in [0.29, 0.717) is 38.9 Å². The van der Waals surface area contributed by atoms with Crippen LogP contribution < -0.4 is 4.74 Å². The molecule has 7 heteroatoms. The molecule has 32 heavy (non-hydrogen) atoms. The Kier molecular flexibility index (Phi) is 6.73. The monoisotopic (exact) mass is 435 g/mol. The van der Waals surface area contributed by atoms with Gasteiger partial charge in [-0.05, 0) is 36.1 Å². The maximum absolute atomic E-state index is 13.3. The van der Waals surface area contributed by atoms with Crippen LogP contribution in [0.5, 0.6) is 5.75 Å². The maximum atomic E-state index is 13.3. The lowest BCUT2D eigenvalue weighted by atomic mass is 10.1. The van der Waals surface area contributed by atoms with Crippen molar-refractivity contribution in [1.82, 2.24) is 14.7 Å². The number of aryl methyl sites for hydroxylation is 1. The van der Waals surface area contributed by atoms with Gasteiger partial charge in [0.1, 0.15) is 18.3 Å². The molecule has 2 heterocycles. The van der Waals surface area contributed by atoms with E-state index < -0.39 is 6.04 Å². The zero-order valence-corrected chi connectivity index (χ0v) is 18.4. The van der Waals surface area contributed by atoms with Gasteiger partial charge in [0, 0.05) is 26.1 Å². The molecule has 3 amide bonds. The van der Waals surface area contributed by atoms with Crippen molar-refractivity contribution in [1.29, 1.82) is 0 Å². The van der Waals surface area contributed by atoms with E-state index in [1.54, 1.807) is 21.8 Å². The number of carbonyl (C=O) groups excluding carboxylic acids is 3. The van der Waals surface area contributed by atoms with Gasteiger partial charge in [0.25, 0.3) is 0 Å². The molecular formula is C25H29N3O4. The Morgan fingerprint density at radius 3 is 2.59 bits per heavy atom. The van der Waals surface area contributed by atoms with Gasteiger partial charge in [-0.2, -0.15) is 0 Å². The van der Waals surface area contributed by atoms with Gasteiger partial charge in [0.15, 0.2) is 0 Å². The number of rotatable bonds is 6. The van der Waals surface area contributed by atoms with E-state index in [9.17, 15) is 14.4 Å². The summed E-state index contributed by atoms with van der Waals surface area (Å²) in [6.45, 7) is 1.82. The lowest BCUT2D eigenvalue weighted by Gasteiger charge is -2.40. The van der Waals surface area contributed by atoms with E-state index >= 15 is 0 Å². The van der Waals surface area contributed by atoms with Crippen LogP contribution in [0.3, 0.4) is 0 Å². The molecular weight excluding hydrogens is 406 g/mol. The van der Waals surface area contributed by atoms with Crippen molar-refractivity contribution in [2.24, 2.45) is 0 Å². The summed E-state index contributed by atoms with van der Waals surface area (Å²) in [4.78, 5) is 44.1. The Bertz CT molecular complexity index is 978. The quantitative estimate of drug-likeness (QED) is 0.697. The number of amides is 3. The lowest BCUT2D eigenvalue weighted by molar-refractivity contribution is -0.157. The predicted molar refractivity (Wildman–Crippen MR) is 120 cm³/mol. The number of hydrogen-bond donors (Lipinski definition) is 0. The summed E-state index contributed by atoms with van der Waals surface area (Å²) < 4.78 is 5.25. The van der Waals surface area contributed by atoms with Crippen LogP contribution in [0.25, 0.3) is 0 Å². The summed E-state index contributed by atoms with van der Waals surface area (Å²) in [5, 5.41) is 0. The highest BCUT2D eigenvalue weighted by Gasteiger charge is 2.41. The molecule has 0 aromatic heterocycles. The largest absolute Gasteiger partial charge is 0.497 e. The van der Waals surface area contributed by atoms with Crippen LogP contribution in [0.4, 0.5) is 0 Å². The van der Waals surface area contributed by atoms with Gasteiger partial charge in [0.05, 0.1) is 13.7 Å². The van der Waals surface area contributed by atoms with Crippen molar-refractivity contribution < 1.29 is 19.1 Å². The third-order valence-corrected chi connectivity index (χ3v) is 6.17. The number of carbonyl (C=O) groups is 3. The van der Waals surface area contributed by atoms with E-state index in [2.05, 4.69) is 0 Å². The maximum Gasteiger partial charge on any atom is 0.247 e. The highest BCUT2D eigenvalue weighted by atomic mass is 16.5. The molecule has 1 atom stereocenters. The number of hydrogen-bond acceptors (Lipinski definition) is 4.